The predicted octanol–water partition coefficient (Wildman–Crippen LogP) is 8.83. The summed E-state index contributed by atoms with van der Waals surface area (Å²) in [4.78, 5) is 17.9. The summed E-state index contributed by atoms with van der Waals surface area (Å²) < 4.78 is 101. The Morgan fingerprint density at radius 1 is 0.841 bits per heavy atom. The van der Waals surface area contributed by atoms with Crippen LogP contribution in [0.3, 0.4) is 0 Å². The van der Waals surface area contributed by atoms with Gasteiger partial charge in [-0.05, 0) is 47.5 Å². The lowest BCUT2D eigenvalue weighted by Crippen LogP contribution is -2.50. The molecule has 0 bridgehead atoms. The number of anilines is 1. The summed E-state index contributed by atoms with van der Waals surface area (Å²) in [7, 11) is 0. The SMILES string of the molecule is O=C(Nc1ccc(Cl)cc1OC(F)(F)F)N[C@@](Cc1ccccc1)(c1cccc(OC(F)(F)C(F)F)c1)c1ccc(Cl)cn1. The highest BCUT2D eigenvalue weighted by atomic mass is 35.5. The highest BCUT2D eigenvalue weighted by molar-refractivity contribution is 6.31. The second-order valence-electron chi connectivity index (χ2n) is 9.19. The molecule has 0 saturated heterocycles. The van der Waals surface area contributed by atoms with Crippen LogP contribution in [0.25, 0.3) is 0 Å². The first-order chi connectivity index (χ1) is 20.7. The van der Waals surface area contributed by atoms with Crippen LogP contribution < -0.4 is 20.1 Å². The smallest absolute Gasteiger partial charge is 0.428 e. The molecule has 4 rings (SSSR count). The van der Waals surface area contributed by atoms with Gasteiger partial charge in [-0.1, -0.05) is 65.7 Å². The maximum atomic E-state index is 13.8. The molecular formula is C29H20Cl2F7N3O3. The summed E-state index contributed by atoms with van der Waals surface area (Å²) in [6, 6.07) is 18.0. The molecule has 15 heteroatoms. The van der Waals surface area contributed by atoms with Crippen molar-refractivity contribution in [1.29, 1.82) is 0 Å². The van der Waals surface area contributed by atoms with E-state index in [1.807, 2.05) is 0 Å². The molecule has 232 valence electrons. The molecule has 2 N–H and O–H groups in total. The van der Waals surface area contributed by atoms with Crippen molar-refractivity contribution >= 4 is 34.9 Å². The second-order valence-corrected chi connectivity index (χ2v) is 10.1. The van der Waals surface area contributed by atoms with Crippen LogP contribution in [0.1, 0.15) is 16.8 Å². The van der Waals surface area contributed by atoms with Crippen molar-refractivity contribution < 1.29 is 45.0 Å². The molecule has 2 amide bonds. The number of carbonyl (C=O) groups excluding carboxylic acids is 1. The minimum absolute atomic E-state index is 0.0387. The number of rotatable bonds is 10. The standard InChI is InChI=1S/C29H20Cl2F7N3O3/c30-19-9-11-22(23(14-19)44-29(36,37)38)40-26(42)41-27(15-17-5-2-1-3-6-17,24-12-10-20(31)16-39-24)18-7-4-8-21(13-18)43-28(34,35)25(32)33/h1-14,16,25H,15H2,(H2,40,41,42)/t27-/m0/s1. The van der Waals surface area contributed by atoms with Gasteiger partial charge in [0, 0.05) is 23.7 Å². The minimum atomic E-state index is -5.12. The number of aromatic nitrogens is 1. The number of urea groups is 1. The van der Waals surface area contributed by atoms with Gasteiger partial charge >= 0.3 is 24.9 Å². The third-order valence-electron chi connectivity index (χ3n) is 6.06. The summed E-state index contributed by atoms with van der Waals surface area (Å²) in [5, 5.41) is 5.05. The van der Waals surface area contributed by atoms with Crippen LogP contribution >= 0.6 is 23.2 Å². The van der Waals surface area contributed by atoms with Gasteiger partial charge < -0.3 is 20.1 Å². The molecule has 0 aliphatic heterocycles. The summed E-state index contributed by atoms with van der Waals surface area (Å²) in [5.41, 5.74) is -1.47. The molecule has 1 atom stereocenters. The Hall–Kier alpha value is -4.23. The fourth-order valence-corrected chi connectivity index (χ4v) is 4.51. The monoisotopic (exact) mass is 661 g/mol. The number of carbonyl (C=O) groups is 1. The lowest BCUT2D eigenvalue weighted by Gasteiger charge is -2.36. The van der Waals surface area contributed by atoms with E-state index in [0.29, 0.717) is 5.56 Å². The van der Waals surface area contributed by atoms with E-state index in [-0.39, 0.29) is 27.7 Å². The van der Waals surface area contributed by atoms with Crippen molar-refractivity contribution in [2.75, 3.05) is 5.32 Å². The Labute approximate surface area is 255 Å². The Bertz CT molecular complexity index is 1590. The van der Waals surface area contributed by atoms with Crippen molar-refractivity contribution in [3.05, 3.63) is 118 Å². The fourth-order valence-electron chi connectivity index (χ4n) is 4.23. The molecule has 0 aliphatic carbocycles. The number of pyridine rings is 1. The summed E-state index contributed by atoms with van der Waals surface area (Å²) in [6.45, 7) is 0. The van der Waals surface area contributed by atoms with Crippen molar-refractivity contribution in [2.45, 2.75) is 30.9 Å². The Balaban J connectivity index is 1.84. The molecule has 1 heterocycles. The zero-order valence-corrected chi connectivity index (χ0v) is 23.5. The molecule has 1 aromatic heterocycles. The Morgan fingerprint density at radius 2 is 1.55 bits per heavy atom. The molecule has 0 fully saturated rings. The van der Waals surface area contributed by atoms with E-state index in [0.717, 1.165) is 24.3 Å². The molecule has 0 unspecified atom stereocenters. The minimum Gasteiger partial charge on any atom is -0.428 e. The number of hydrogen-bond donors (Lipinski definition) is 2. The van der Waals surface area contributed by atoms with E-state index in [2.05, 4.69) is 25.1 Å². The lowest BCUT2D eigenvalue weighted by atomic mass is 9.80. The molecule has 3 aromatic carbocycles. The van der Waals surface area contributed by atoms with Crippen LogP contribution in [0.2, 0.25) is 10.0 Å². The molecule has 0 saturated carbocycles. The van der Waals surface area contributed by atoms with Crippen LogP contribution in [0.4, 0.5) is 41.2 Å². The largest absolute Gasteiger partial charge is 0.573 e. The van der Waals surface area contributed by atoms with Crippen molar-refractivity contribution in [1.82, 2.24) is 10.3 Å². The van der Waals surface area contributed by atoms with Gasteiger partial charge in [0.1, 0.15) is 11.3 Å². The van der Waals surface area contributed by atoms with E-state index in [4.69, 9.17) is 23.2 Å². The van der Waals surface area contributed by atoms with Gasteiger partial charge in [-0.2, -0.15) is 17.6 Å². The normalized spacial score (nSPS) is 13.2. The highest BCUT2D eigenvalue weighted by Crippen LogP contribution is 2.38. The van der Waals surface area contributed by atoms with E-state index in [9.17, 15) is 35.5 Å². The quantitative estimate of drug-likeness (QED) is 0.167. The maximum Gasteiger partial charge on any atom is 0.573 e. The topological polar surface area (TPSA) is 72.5 Å². The third kappa shape index (κ3) is 8.23. The van der Waals surface area contributed by atoms with Crippen LogP contribution in [0.15, 0.2) is 91.1 Å². The predicted molar refractivity (Wildman–Crippen MR) is 148 cm³/mol. The highest BCUT2D eigenvalue weighted by Gasteiger charge is 2.45. The average molecular weight is 662 g/mol. The van der Waals surface area contributed by atoms with Gasteiger partial charge in [0.2, 0.25) is 0 Å². The van der Waals surface area contributed by atoms with E-state index in [1.165, 1.54) is 36.5 Å². The van der Waals surface area contributed by atoms with Crippen LogP contribution in [0.5, 0.6) is 11.5 Å². The molecule has 0 aliphatic rings. The lowest BCUT2D eigenvalue weighted by molar-refractivity contribution is -0.274. The first-order valence-electron chi connectivity index (χ1n) is 12.4. The van der Waals surface area contributed by atoms with Crippen LogP contribution in [-0.4, -0.2) is 29.9 Å². The van der Waals surface area contributed by atoms with Crippen LogP contribution in [0, 0.1) is 0 Å². The zero-order chi connectivity index (χ0) is 32.1. The number of amides is 2. The number of ether oxygens (including phenoxy) is 2. The van der Waals surface area contributed by atoms with Gasteiger partial charge in [-0.3, -0.25) is 4.98 Å². The van der Waals surface area contributed by atoms with Gasteiger partial charge in [-0.15, -0.1) is 13.2 Å². The van der Waals surface area contributed by atoms with Gasteiger partial charge in [0.05, 0.1) is 16.4 Å². The number of nitrogens with one attached hydrogen (secondary N) is 2. The summed E-state index contributed by atoms with van der Waals surface area (Å²) >= 11 is 11.9. The van der Waals surface area contributed by atoms with Gasteiger partial charge in [0.15, 0.2) is 5.75 Å². The van der Waals surface area contributed by atoms with Crippen LogP contribution in [-0.2, 0) is 12.0 Å². The molecule has 44 heavy (non-hydrogen) atoms. The molecular weight excluding hydrogens is 642 g/mol. The zero-order valence-electron chi connectivity index (χ0n) is 22.0. The third-order valence-corrected chi connectivity index (χ3v) is 6.51. The molecule has 0 spiro atoms. The molecule has 4 aromatic rings. The van der Waals surface area contributed by atoms with E-state index in [1.54, 1.807) is 30.3 Å². The van der Waals surface area contributed by atoms with Gasteiger partial charge in [0.25, 0.3) is 0 Å². The average Bonchev–Trinajstić information content (AvgIpc) is 2.94. The summed E-state index contributed by atoms with van der Waals surface area (Å²) in [5.74, 6) is -1.48. The molecule has 0 radical (unpaired) electrons. The second kappa shape index (κ2) is 13.2. The van der Waals surface area contributed by atoms with Crippen molar-refractivity contribution in [3.63, 3.8) is 0 Å². The first kappa shape index (κ1) is 32.7. The first-order valence-corrected chi connectivity index (χ1v) is 13.2. The van der Waals surface area contributed by atoms with Gasteiger partial charge in [-0.25, -0.2) is 4.79 Å². The Morgan fingerprint density at radius 3 is 2.18 bits per heavy atom. The van der Waals surface area contributed by atoms with Crippen molar-refractivity contribution in [2.24, 2.45) is 0 Å². The number of benzene rings is 3. The number of hydrogen-bond acceptors (Lipinski definition) is 4. The Kier molecular flexibility index (Phi) is 9.79. The number of nitrogens with zero attached hydrogens (tertiary/aromatic N) is 1. The summed E-state index contributed by atoms with van der Waals surface area (Å²) in [6.07, 6.45) is -13.0. The van der Waals surface area contributed by atoms with E-state index >= 15 is 0 Å². The van der Waals surface area contributed by atoms with E-state index < -0.39 is 47.7 Å². The fraction of sp³-hybridized carbons (Fsp3) is 0.172. The van der Waals surface area contributed by atoms with Crippen molar-refractivity contribution in [3.8, 4) is 11.5 Å². The molecule has 6 nitrogen and oxygen atoms in total. The maximum absolute atomic E-state index is 13.8. The number of halogens is 9. The number of alkyl halides is 7.